The summed E-state index contributed by atoms with van der Waals surface area (Å²) in [5.74, 6) is 1.60. The third kappa shape index (κ3) is 2.80. The number of anilines is 1. The number of hydrogen-bond acceptors (Lipinski definition) is 5. The average Bonchev–Trinajstić information content (AvgIpc) is 3.03. The first-order valence-corrected chi connectivity index (χ1v) is 8.95. The summed E-state index contributed by atoms with van der Waals surface area (Å²) in [6, 6.07) is 18.0. The van der Waals surface area contributed by atoms with E-state index in [0.29, 0.717) is 11.7 Å². The number of fused-ring (bicyclic) bond motifs is 1. The predicted molar refractivity (Wildman–Crippen MR) is 106 cm³/mol. The Morgan fingerprint density at radius 3 is 2.41 bits per heavy atom. The average molecular weight is 357 g/mol. The van der Waals surface area contributed by atoms with Gasteiger partial charge >= 0.3 is 0 Å². The summed E-state index contributed by atoms with van der Waals surface area (Å²) in [5.41, 5.74) is 9.74. The van der Waals surface area contributed by atoms with Crippen LogP contribution in [0.15, 0.2) is 67.0 Å². The summed E-state index contributed by atoms with van der Waals surface area (Å²) < 4.78 is 7.92. The third-order valence-electron chi connectivity index (χ3n) is 4.86. The molecule has 1 saturated heterocycles. The number of nitrogens with one attached hydrogen (secondary N) is 1. The SMILES string of the molecule is Nc1cncc2c1c(-c1ccc(Oc3ccccc3)cc1)nn2C1CNC1. The molecule has 0 radical (unpaired) electrons. The maximum atomic E-state index is 6.24. The van der Waals surface area contributed by atoms with Gasteiger partial charge in [-0.2, -0.15) is 5.10 Å². The Kier molecular flexibility index (Phi) is 3.76. The van der Waals surface area contributed by atoms with Crippen molar-refractivity contribution in [1.82, 2.24) is 20.1 Å². The van der Waals surface area contributed by atoms with Crippen molar-refractivity contribution in [3.8, 4) is 22.8 Å². The van der Waals surface area contributed by atoms with Gasteiger partial charge in [0.1, 0.15) is 17.2 Å². The van der Waals surface area contributed by atoms with Crippen LogP contribution in [0.4, 0.5) is 5.69 Å². The molecule has 2 aromatic heterocycles. The number of aromatic nitrogens is 3. The van der Waals surface area contributed by atoms with Crippen LogP contribution in [0.25, 0.3) is 22.2 Å². The number of nitrogens with zero attached hydrogens (tertiary/aromatic N) is 3. The van der Waals surface area contributed by atoms with Crippen LogP contribution in [0, 0.1) is 0 Å². The van der Waals surface area contributed by atoms with Gasteiger partial charge in [0.2, 0.25) is 0 Å². The molecule has 0 atom stereocenters. The van der Waals surface area contributed by atoms with Crippen LogP contribution >= 0.6 is 0 Å². The van der Waals surface area contributed by atoms with Crippen molar-refractivity contribution < 1.29 is 4.74 Å². The maximum absolute atomic E-state index is 6.24. The number of benzene rings is 2. The highest BCUT2D eigenvalue weighted by molar-refractivity contribution is 6.01. The highest BCUT2D eigenvalue weighted by Gasteiger charge is 2.24. The molecule has 0 unspecified atom stereocenters. The molecule has 5 rings (SSSR count). The van der Waals surface area contributed by atoms with Gasteiger partial charge in [0.15, 0.2) is 0 Å². The lowest BCUT2D eigenvalue weighted by Gasteiger charge is -2.27. The zero-order chi connectivity index (χ0) is 18.2. The molecule has 4 aromatic rings. The molecule has 27 heavy (non-hydrogen) atoms. The smallest absolute Gasteiger partial charge is 0.127 e. The Morgan fingerprint density at radius 2 is 1.70 bits per heavy atom. The maximum Gasteiger partial charge on any atom is 0.127 e. The molecule has 1 aliphatic heterocycles. The van der Waals surface area contributed by atoms with Gasteiger partial charge in [0.25, 0.3) is 0 Å². The second kappa shape index (κ2) is 6.41. The highest BCUT2D eigenvalue weighted by atomic mass is 16.5. The number of pyridine rings is 1. The standard InChI is InChI=1S/C21H19N5O/c22-18-12-24-13-19-20(18)21(25-26(19)15-10-23-11-15)14-6-8-17(9-7-14)27-16-4-2-1-3-5-16/h1-9,12-13,15,23H,10-11,22H2. The molecular formula is C21H19N5O. The van der Waals surface area contributed by atoms with E-state index < -0.39 is 0 Å². The van der Waals surface area contributed by atoms with Gasteiger partial charge in [-0.1, -0.05) is 18.2 Å². The van der Waals surface area contributed by atoms with E-state index in [1.165, 1.54) is 0 Å². The molecule has 2 aromatic carbocycles. The first kappa shape index (κ1) is 15.8. The van der Waals surface area contributed by atoms with Gasteiger partial charge in [0.05, 0.1) is 35.0 Å². The second-order valence-electron chi connectivity index (χ2n) is 6.67. The van der Waals surface area contributed by atoms with Crippen LogP contribution in [0.2, 0.25) is 0 Å². The minimum absolute atomic E-state index is 0.338. The minimum Gasteiger partial charge on any atom is -0.457 e. The van der Waals surface area contributed by atoms with Crippen molar-refractivity contribution in [2.75, 3.05) is 18.8 Å². The van der Waals surface area contributed by atoms with Gasteiger partial charge < -0.3 is 15.8 Å². The quantitative estimate of drug-likeness (QED) is 0.583. The largest absolute Gasteiger partial charge is 0.457 e. The van der Waals surface area contributed by atoms with Crippen LogP contribution in [0.3, 0.4) is 0 Å². The molecule has 6 nitrogen and oxygen atoms in total. The molecule has 134 valence electrons. The van der Waals surface area contributed by atoms with Crippen LogP contribution in [0.1, 0.15) is 6.04 Å². The molecule has 6 heteroatoms. The van der Waals surface area contributed by atoms with E-state index in [1.54, 1.807) is 6.20 Å². The predicted octanol–water partition coefficient (Wildman–Crippen LogP) is 3.62. The Morgan fingerprint density at radius 1 is 0.963 bits per heavy atom. The lowest BCUT2D eigenvalue weighted by atomic mass is 10.1. The number of nitrogen functional groups attached to an aromatic ring is 1. The normalized spacial score (nSPS) is 14.2. The van der Waals surface area contributed by atoms with E-state index >= 15 is 0 Å². The van der Waals surface area contributed by atoms with Gasteiger partial charge in [0, 0.05) is 18.7 Å². The first-order valence-electron chi connectivity index (χ1n) is 8.95. The van der Waals surface area contributed by atoms with Crippen LogP contribution < -0.4 is 15.8 Å². The fourth-order valence-electron chi connectivity index (χ4n) is 3.34. The summed E-state index contributed by atoms with van der Waals surface area (Å²) in [7, 11) is 0. The molecule has 0 amide bonds. The number of hydrogen-bond donors (Lipinski definition) is 2. The summed E-state index contributed by atoms with van der Waals surface area (Å²) in [6.07, 6.45) is 3.52. The molecular weight excluding hydrogens is 338 g/mol. The lowest BCUT2D eigenvalue weighted by molar-refractivity contribution is 0.327. The first-order chi connectivity index (χ1) is 13.3. The Balaban J connectivity index is 1.53. The third-order valence-corrected chi connectivity index (χ3v) is 4.86. The molecule has 1 fully saturated rings. The lowest BCUT2D eigenvalue weighted by Crippen LogP contribution is -2.43. The van der Waals surface area contributed by atoms with Crippen LogP contribution in [-0.4, -0.2) is 27.9 Å². The molecule has 0 aliphatic carbocycles. The second-order valence-corrected chi connectivity index (χ2v) is 6.67. The van der Waals surface area contributed by atoms with Crippen molar-refractivity contribution in [3.63, 3.8) is 0 Å². The molecule has 1 aliphatic rings. The van der Waals surface area contributed by atoms with Crippen molar-refractivity contribution in [2.45, 2.75) is 6.04 Å². The molecule has 3 N–H and O–H groups in total. The van der Waals surface area contributed by atoms with Crippen molar-refractivity contribution in [1.29, 1.82) is 0 Å². The Bertz CT molecular complexity index is 1080. The van der Waals surface area contributed by atoms with Gasteiger partial charge in [-0.3, -0.25) is 9.67 Å². The van der Waals surface area contributed by atoms with Gasteiger partial charge in [-0.15, -0.1) is 0 Å². The summed E-state index contributed by atoms with van der Waals surface area (Å²) in [6.45, 7) is 1.82. The van der Waals surface area contributed by atoms with E-state index in [1.807, 2.05) is 65.5 Å². The topological polar surface area (TPSA) is 78.0 Å². The fourth-order valence-corrected chi connectivity index (χ4v) is 3.34. The van der Waals surface area contributed by atoms with E-state index in [2.05, 4.69) is 10.3 Å². The summed E-state index contributed by atoms with van der Waals surface area (Å²) >= 11 is 0. The Hall–Kier alpha value is -3.38. The molecule has 0 spiro atoms. The zero-order valence-electron chi connectivity index (χ0n) is 14.7. The van der Waals surface area contributed by atoms with Crippen molar-refractivity contribution >= 4 is 16.6 Å². The van der Waals surface area contributed by atoms with E-state index in [0.717, 1.165) is 46.7 Å². The number of para-hydroxylation sites is 1. The molecule has 0 saturated carbocycles. The molecule has 3 heterocycles. The zero-order valence-corrected chi connectivity index (χ0v) is 14.7. The fraction of sp³-hybridized carbons (Fsp3) is 0.143. The van der Waals surface area contributed by atoms with E-state index in [-0.39, 0.29) is 0 Å². The minimum atomic E-state index is 0.338. The van der Waals surface area contributed by atoms with Crippen LogP contribution in [0.5, 0.6) is 11.5 Å². The summed E-state index contributed by atoms with van der Waals surface area (Å²) in [4.78, 5) is 4.26. The van der Waals surface area contributed by atoms with E-state index in [4.69, 9.17) is 15.6 Å². The van der Waals surface area contributed by atoms with E-state index in [9.17, 15) is 0 Å². The number of ether oxygens (including phenoxy) is 1. The number of rotatable bonds is 4. The summed E-state index contributed by atoms with van der Waals surface area (Å²) in [5, 5.41) is 9.11. The monoisotopic (exact) mass is 357 g/mol. The molecule has 0 bridgehead atoms. The Labute approximate surface area is 156 Å². The highest BCUT2D eigenvalue weighted by Crippen LogP contribution is 2.34. The number of nitrogens with two attached hydrogens (primary N) is 1. The van der Waals surface area contributed by atoms with Crippen molar-refractivity contribution in [2.24, 2.45) is 0 Å². The van der Waals surface area contributed by atoms with Gasteiger partial charge in [-0.05, 0) is 36.4 Å². The van der Waals surface area contributed by atoms with Crippen LogP contribution in [-0.2, 0) is 0 Å². The van der Waals surface area contributed by atoms with Crippen molar-refractivity contribution in [3.05, 3.63) is 67.0 Å². The van der Waals surface area contributed by atoms with Gasteiger partial charge in [-0.25, -0.2) is 0 Å².